The van der Waals surface area contributed by atoms with Gasteiger partial charge in [0, 0.05) is 31.5 Å². The molecule has 0 unspecified atom stereocenters. The van der Waals surface area contributed by atoms with E-state index >= 15 is 0 Å². The Hall–Kier alpha value is -0.990. The van der Waals surface area contributed by atoms with E-state index in [0.29, 0.717) is 5.02 Å². The second-order valence-electron chi connectivity index (χ2n) is 4.96. The van der Waals surface area contributed by atoms with Crippen molar-refractivity contribution in [3.05, 3.63) is 34.9 Å². The maximum atomic E-state index is 6.20. The van der Waals surface area contributed by atoms with Gasteiger partial charge in [-0.15, -0.1) is 0 Å². The third kappa shape index (κ3) is 1.96. The maximum Gasteiger partial charge on any atom is 0.146 e. The summed E-state index contributed by atoms with van der Waals surface area (Å²) in [6, 6.07) is 5.89. The van der Waals surface area contributed by atoms with Gasteiger partial charge >= 0.3 is 0 Å². The smallest absolute Gasteiger partial charge is 0.146 e. The minimum atomic E-state index is -0.134. The van der Waals surface area contributed by atoms with Gasteiger partial charge in [0.15, 0.2) is 0 Å². The van der Waals surface area contributed by atoms with Crippen LogP contribution in [-0.2, 0) is 0 Å². The van der Waals surface area contributed by atoms with E-state index in [0.717, 1.165) is 37.2 Å². The Bertz CT molecular complexity index is 461. The topological polar surface area (TPSA) is 12.5 Å². The van der Waals surface area contributed by atoms with Crippen LogP contribution in [0.2, 0.25) is 5.02 Å². The summed E-state index contributed by atoms with van der Waals surface area (Å²) >= 11 is 6.20. The Kier molecular flexibility index (Phi) is 2.64. The predicted octanol–water partition coefficient (Wildman–Crippen LogP) is 3.21. The summed E-state index contributed by atoms with van der Waals surface area (Å²) in [4.78, 5) is 2.34. The predicted molar refractivity (Wildman–Crippen MR) is 70.6 cm³/mol. The number of ether oxygens (including phenoxy) is 1. The lowest BCUT2D eigenvalue weighted by Crippen LogP contribution is -2.46. The number of halogens is 1. The number of para-hydroxylation sites is 1. The number of benzene rings is 1. The third-order valence-electron chi connectivity index (χ3n) is 3.70. The van der Waals surface area contributed by atoms with Gasteiger partial charge in [0.1, 0.15) is 11.4 Å². The Morgan fingerprint density at radius 1 is 1.29 bits per heavy atom. The number of hydrogen-bond acceptors (Lipinski definition) is 2. The van der Waals surface area contributed by atoms with Gasteiger partial charge in [0.25, 0.3) is 0 Å². The van der Waals surface area contributed by atoms with E-state index in [1.54, 1.807) is 0 Å². The maximum absolute atomic E-state index is 6.20. The Labute approximate surface area is 107 Å². The van der Waals surface area contributed by atoms with E-state index < -0.39 is 0 Å². The van der Waals surface area contributed by atoms with Crippen LogP contribution in [0, 0.1) is 0 Å². The molecule has 0 N–H and O–H groups in total. The van der Waals surface area contributed by atoms with Crippen LogP contribution in [0.1, 0.15) is 18.4 Å². The molecule has 3 rings (SSSR count). The monoisotopic (exact) mass is 249 g/mol. The second kappa shape index (κ2) is 4.04. The molecule has 0 aromatic heterocycles. The zero-order valence-corrected chi connectivity index (χ0v) is 10.7. The van der Waals surface area contributed by atoms with Crippen molar-refractivity contribution >= 4 is 17.7 Å². The summed E-state index contributed by atoms with van der Waals surface area (Å²) in [6.45, 7) is 2.15. The van der Waals surface area contributed by atoms with E-state index in [1.165, 1.54) is 0 Å². The fraction of sp³-hybridized carbons (Fsp3) is 0.429. The number of hydrogen-bond donors (Lipinski definition) is 0. The zero-order valence-electron chi connectivity index (χ0n) is 9.95. The first-order valence-corrected chi connectivity index (χ1v) is 6.42. The van der Waals surface area contributed by atoms with Crippen molar-refractivity contribution in [1.29, 1.82) is 0 Å². The van der Waals surface area contributed by atoms with Crippen LogP contribution in [0.3, 0.4) is 0 Å². The molecule has 1 saturated heterocycles. The van der Waals surface area contributed by atoms with Crippen LogP contribution in [0.15, 0.2) is 24.3 Å². The fourth-order valence-electron chi connectivity index (χ4n) is 2.51. The van der Waals surface area contributed by atoms with E-state index in [-0.39, 0.29) is 5.60 Å². The number of nitrogens with zero attached hydrogens (tertiary/aromatic N) is 1. The fourth-order valence-corrected chi connectivity index (χ4v) is 2.73. The van der Waals surface area contributed by atoms with Gasteiger partial charge in [-0.1, -0.05) is 29.8 Å². The Morgan fingerprint density at radius 2 is 2.06 bits per heavy atom. The largest absolute Gasteiger partial charge is 0.481 e. The summed E-state index contributed by atoms with van der Waals surface area (Å²) in [5.74, 6) is 0.848. The lowest BCUT2D eigenvalue weighted by atomic mass is 9.88. The average Bonchev–Trinajstić information content (AvgIpc) is 2.35. The van der Waals surface area contributed by atoms with Crippen LogP contribution in [0.5, 0.6) is 5.75 Å². The first kappa shape index (κ1) is 11.1. The molecule has 0 aliphatic carbocycles. The number of likely N-dealkylation sites (tertiary alicyclic amines) is 1. The SMILES string of the molecule is CN1CCC2(C=Cc3cccc(Cl)c3O2)CC1. The Balaban J connectivity index is 1.92. The van der Waals surface area contributed by atoms with Gasteiger partial charge in [-0.05, 0) is 19.2 Å². The van der Waals surface area contributed by atoms with E-state index in [2.05, 4.69) is 24.1 Å². The molecule has 2 aliphatic heterocycles. The highest BCUT2D eigenvalue weighted by molar-refractivity contribution is 6.32. The molecule has 17 heavy (non-hydrogen) atoms. The molecular weight excluding hydrogens is 234 g/mol. The molecule has 90 valence electrons. The molecule has 2 heterocycles. The molecule has 0 amide bonds. The zero-order chi connectivity index (χ0) is 11.9. The summed E-state index contributed by atoms with van der Waals surface area (Å²) in [5.41, 5.74) is 0.951. The average molecular weight is 250 g/mol. The molecule has 1 aromatic rings. The van der Waals surface area contributed by atoms with Crippen molar-refractivity contribution in [2.75, 3.05) is 20.1 Å². The van der Waals surface area contributed by atoms with Crippen molar-refractivity contribution in [2.24, 2.45) is 0 Å². The number of rotatable bonds is 0. The molecule has 0 saturated carbocycles. The highest BCUT2D eigenvalue weighted by atomic mass is 35.5. The third-order valence-corrected chi connectivity index (χ3v) is 4.00. The van der Waals surface area contributed by atoms with Gasteiger partial charge in [0.2, 0.25) is 0 Å². The minimum absolute atomic E-state index is 0.134. The summed E-state index contributed by atoms with van der Waals surface area (Å²) in [5, 5.41) is 0.713. The van der Waals surface area contributed by atoms with E-state index in [4.69, 9.17) is 16.3 Å². The molecule has 2 nitrogen and oxygen atoms in total. The van der Waals surface area contributed by atoms with Crippen LogP contribution < -0.4 is 4.74 Å². The summed E-state index contributed by atoms with van der Waals surface area (Å²) in [7, 11) is 2.15. The molecule has 1 spiro atoms. The highest BCUT2D eigenvalue weighted by Crippen LogP contribution is 2.40. The van der Waals surface area contributed by atoms with Crippen molar-refractivity contribution in [1.82, 2.24) is 4.90 Å². The van der Waals surface area contributed by atoms with E-state index in [9.17, 15) is 0 Å². The lowest BCUT2D eigenvalue weighted by molar-refractivity contribution is 0.0474. The van der Waals surface area contributed by atoms with E-state index in [1.807, 2.05) is 18.2 Å². The Morgan fingerprint density at radius 3 is 2.82 bits per heavy atom. The quantitative estimate of drug-likeness (QED) is 0.700. The van der Waals surface area contributed by atoms with Gasteiger partial charge < -0.3 is 9.64 Å². The van der Waals surface area contributed by atoms with Crippen LogP contribution in [0.4, 0.5) is 0 Å². The number of fused-ring (bicyclic) bond motifs is 1. The molecule has 0 atom stereocenters. The van der Waals surface area contributed by atoms with Crippen molar-refractivity contribution in [3.8, 4) is 5.75 Å². The van der Waals surface area contributed by atoms with Crippen molar-refractivity contribution in [2.45, 2.75) is 18.4 Å². The molecule has 0 radical (unpaired) electrons. The summed E-state index contributed by atoms with van der Waals surface area (Å²) in [6.07, 6.45) is 6.42. The molecule has 1 fully saturated rings. The number of piperidine rings is 1. The van der Waals surface area contributed by atoms with Crippen molar-refractivity contribution < 1.29 is 4.74 Å². The molecular formula is C14H16ClNO. The second-order valence-corrected chi connectivity index (χ2v) is 5.37. The van der Waals surface area contributed by atoms with Crippen LogP contribution in [0.25, 0.3) is 6.08 Å². The molecule has 1 aromatic carbocycles. The molecule has 3 heteroatoms. The lowest BCUT2D eigenvalue weighted by Gasteiger charge is -2.41. The standard InChI is InChI=1S/C14H16ClNO/c1-16-9-7-14(8-10-16)6-5-11-3-2-4-12(15)13(11)17-14/h2-6H,7-10H2,1H3. The molecule has 0 bridgehead atoms. The van der Waals surface area contributed by atoms with Crippen LogP contribution in [-0.4, -0.2) is 30.6 Å². The first-order valence-electron chi connectivity index (χ1n) is 6.04. The molecule has 2 aliphatic rings. The van der Waals surface area contributed by atoms with Gasteiger partial charge in [0.05, 0.1) is 5.02 Å². The first-order chi connectivity index (χ1) is 8.19. The van der Waals surface area contributed by atoms with Crippen molar-refractivity contribution in [3.63, 3.8) is 0 Å². The van der Waals surface area contributed by atoms with Gasteiger partial charge in [-0.3, -0.25) is 0 Å². The minimum Gasteiger partial charge on any atom is -0.481 e. The highest BCUT2D eigenvalue weighted by Gasteiger charge is 2.36. The normalized spacial score (nSPS) is 22.2. The summed E-state index contributed by atoms with van der Waals surface area (Å²) < 4.78 is 6.19. The van der Waals surface area contributed by atoms with Gasteiger partial charge in [-0.25, -0.2) is 0 Å². The van der Waals surface area contributed by atoms with Crippen LogP contribution >= 0.6 is 11.6 Å². The van der Waals surface area contributed by atoms with Gasteiger partial charge in [-0.2, -0.15) is 0 Å².